The maximum Gasteiger partial charge on any atom is 0.212 e. The van der Waals surface area contributed by atoms with E-state index in [1.54, 1.807) is 0 Å². The van der Waals surface area contributed by atoms with Crippen LogP contribution in [0.3, 0.4) is 0 Å². The van der Waals surface area contributed by atoms with Gasteiger partial charge in [0, 0.05) is 17.1 Å². The third-order valence-corrected chi connectivity index (χ3v) is 5.58. The van der Waals surface area contributed by atoms with Crippen LogP contribution in [0.1, 0.15) is 36.4 Å². The Balaban J connectivity index is 1.75. The average molecular weight is 303 g/mol. The maximum atomic E-state index is 11.9. The number of aromatic nitrogens is 1. The Kier molecular flexibility index (Phi) is 5.32. The molecule has 1 aromatic rings. The van der Waals surface area contributed by atoms with E-state index < -0.39 is 10.0 Å². The molecule has 19 heavy (non-hydrogen) atoms. The molecule has 0 aliphatic carbocycles. The van der Waals surface area contributed by atoms with Gasteiger partial charge in [0.05, 0.1) is 12.3 Å². The number of sulfonamides is 1. The molecule has 2 rings (SSSR count). The first-order valence-corrected chi connectivity index (χ1v) is 9.20. The summed E-state index contributed by atoms with van der Waals surface area (Å²) >= 11 is 1.49. The summed E-state index contributed by atoms with van der Waals surface area (Å²) in [4.78, 5) is 4.24. The van der Waals surface area contributed by atoms with Gasteiger partial charge in [0.15, 0.2) is 0 Å². The molecule has 1 saturated heterocycles. The number of rotatable bonds is 6. The van der Waals surface area contributed by atoms with E-state index in [4.69, 9.17) is 0 Å². The molecule has 5 nitrogen and oxygen atoms in total. The van der Waals surface area contributed by atoms with Gasteiger partial charge in [0.1, 0.15) is 5.01 Å². The van der Waals surface area contributed by atoms with Gasteiger partial charge in [-0.2, -0.15) is 0 Å². The Labute approximate surface area is 118 Å². The van der Waals surface area contributed by atoms with Gasteiger partial charge in [0.2, 0.25) is 10.0 Å². The minimum atomic E-state index is -3.19. The van der Waals surface area contributed by atoms with Gasteiger partial charge >= 0.3 is 0 Å². The fourth-order valence-corrected chi connectivity index (χ4v) is 4.09. The second kappa shape index (κ2) is 6.78. The summed E-state index contributed by atoms with van der Waals surface area (Å²) in [6.45, 7) is 3.22. The molecule has 0 amide bonds. The van der Waals surface area contributed by atoms with Crippen LogP contribution < -0.4 is 10.0 Å². The summed E-state index contributed by atoms with van der Waals surface area (Å²) in [6.07, 6.45) is 4.17. The molecule has 2 heterocycles. The van der Waals surface area contributed by atoms with Gasteiger partial charge in [0.25, 0.3) is 0 Å². The Morgan fingerprint density at radius 1 is 1.53 bits per heavy atom. The van der Waals surface area contributed by atoms with Crippen molar-refractivity contribution < 1.29 is 8.42 Å². The minimum Gasteiger partial charge on any atom is -0.314 e. The molecular weight excluding hydrogens is 282 g/mol. The zero-order valence-electron chi connectivity index (χ0n) is 11.2. The SMILES string of the molecule is Cc1csc(CNS(=O)(=O)CCC2CCCCN2)n1. The van der Waals surface area contributed by atoms with Crippen LogP contribution in [0.15, 0.2) is 5.38 Å². The number of nitrogens with one attached hydrogen (secondary N) is 2. The molecule has 0 radical (unpaired) electrons. The third kappa shape index (κ3) is 5.18. The second-order valence-corrected chi connectivity index (χ2v) is 7.83. The van der Waals surface area contributed by atoms with Gasteiger partial charge in [-0.05, 0) is 32.7 Å². The van der Waals surface area contributed by atoms with Crippen LogP contribution >= 0.6 is 11.3 Å². The van der Waals surface area contributed by atoms with E-state index in [-0.39, 0.29) is 5.75 Å². The Morgan fingerprint density at radius 3 is 3.00 bits per heavy atom. The summed E-state index contributed by atoms with van der Waals surface area (Å²) in [5.74, 6) is 0.190. The fraction of sp³-hybridized carbons (Fsp3) is 0.750. The van der Waals surface area contributed by atoms with E-state index in [9.17, 15) is 8.42 Å². The van der Waals surface area contributed by atoms with Gasteiger partial charge in [-0.1, -0.05) is 6.42 Å². The van der Waals surface area contributed by atoms with Crippen molar-refractivity contribution in [1.82, 2.24) is 15.0 Å². The molecule has 7 heteroatoms. The highest BCUT2D eigenvalue weighted by Gasteiger charge is 2.17. The number of hydrogen-bond acceptors (Lipinski definition) is 5. The highest BCUT2D eigenvalue weighted by Crippen LogP contribution is 2.12. The molecule has 1 aliphatic heterocycles. The highest BCUT2D eigenvalue weighted by atomic mass is 32.2. The second-order valence-electron chi connectivity index (χ2n) is 4.96. The van der Waals surface area contributed by atoms with Gasteiger partial charge in [-0.15, -0.1) is 11.3 Å². The lowest BCUT2D eigenvalue weighted by atomic mass is 10.0. The predicted molar refractivity (Wildman–Crippen MR) is 77.7 cm³/mol. The monoisotopic (exact) mass is 303 g/mol. The van der Waals surface area contributed by atoms with Crippen LogP contribution in [0.25, 0.3) is 0 Å². The summed E-state index contributed by atoms with van der Waals surface area (Å²) in [5.41, 5.74) is 0.936. The highest BCUT2D eigenvalue weighted by molar-refractivity contribution is 7.89. The molecule has 0 saturated carbocycles. The zero-order valence-corrected chi connectivity index (χ0v) is 12.8. The van der Waals surface area contributed by atoms with Crippen molar-refractivity contribution in [2.45, 2.75) is 45.2 Å². The van der Waals surface area contributed by atoms with Crippen molar-refractivity contribution in [1.29, 1.82) is 0 Å². The molecule has 1 unspecified atom stereocenters. The number of aryl methyl sites for hydroxylation is 1. The number of piperidine rings is 1. The van der Waals surface area contributed by atoms with E-state index in [0.717, 1.165) is 23.7 Å². The Morgan fingerprint density at radius 2 is 2.37 bits per heavy atom. The molecule has 108 valence electrons. The van der Waals surface area contributed by atoms with E-state index in [0.29, 0.717) is 19.0 Å². The number of nitrogens with zero attached hydrogens (tertiary/aromatic N) is 1. The molecule has 0 spiro atoms. The van der Waals surface area contributed by atoms with Crippen LogP contribution in [0.5, 0.6) is 0 Å². The number of thiazole rings is 1. The Bertz CT molecular complexity index is 493. The molecule has 0 aromatic carbocycles. The molecule has 2 N–H and O–H groups in total. The van der Waals surface area contributed by atoms with Crippen molar-refractivity contribution in [3.05, 3.63) is 16.1 Å². The molecule has 1 aromatic heterocycles. The normalized spacial score (nSPS) is 20.6. The van der Waals surface area contributed by atoms with Crippen molar-refractivity contribution in [3.8, 4) is 0 Å². The molecular formula is C12H21N3O2S2. The van der Waals surface area contributed by atoms with Gasteiger partial charge in [-0.25, -0.2) is 18.1 Å². The van der Waals surface area contributed by atoms with Crippen LogP contribution in [0.2, 0.25) is 0 Å². The standard InChI is InChI=1S/C12H21N3O2S2/c1-10-9-18-12(15-10)8-14-19(16,17)7-5-11-4-2-3-6-13-11/h9,11,13-14H,2-8H2,1H3. The first-order valence-electron chi connectivity index (χ1n) is 6.67. The van der Waals surface area contributed by atoms with Crippen molar-refractivity contribution >= 4 is 21.4 Å². The third-order valence-electron chi connectivity index (χ3n) is 3.26. The van der Waals surface area contributed by atoms with Gasteiger partial charge in [-0.3, -0.25) is 0 Å². The first-order chi connectivity index (χ1) is 9.05. The van der Waals surface area contributed by atoms with Crippen LogP contribution in [-0.4, -0.2) is 31.7 Å². The van der Waals surface area contributed by atoms with Crippen LogP contribution in [0.4, 0.5) is 0 Å². The zero-order chi connectivity index (χ0) is 13.7. The summed E-state index contributed by atoms with van der Waals surface area (Å²) < 4.78 is 26.4. The van der Waals surface area contributed by atoms with E-state index in [2.05, 4.69) is 15.0 Å². The quantitative estimate of drug-likeness (QED) is 0.833. The predicted octanol–water partition coefficient (Wildman–Crippen LogP) is 1.40. The van der Waals surface area contributed by atoms with E-state index in [1.807, 2.05) is 12.3 Å². The van der Waals surface area contributed by atoms with Crippen LogP contribution in [0, 0.1) is 6.92 Å². The first kappa shape index (κ1) is 14.9. The number of hydrogen-bond donors (Lipinski definition) is 2. The summed E-state index contributed by atoms with van der Waals surface area (Å²) in [6, 6.07) is 0.354. The lowest BCUT2D eigenvalue weighted by Crippen LogP contribution is -2.37. The molecule has 1 aliphatic rings. The summed E-state index contributed by atoms with van der Waals surface area (Å²) in [7, 11) is -3.19. The molecule has 1 atom stereocenters. The lowest BCUT2D eigenvalue weighted by molar-refractivity contribution is 0.392. The summed E-state index contributed by atoms with van der Waals surface area (Å²) in [5, 5.41) is 6.11. The molecule has 1 fully saturated rings. The average Bonchev–Trinajstić information content (AvgIpc) is 2.82. The fourth-order valence-electron chi connectivity index (χ4n) is 2.20. The van der Waals surface area contributed by atoms with Crippen molar-refractivity contribution in [2.75, 3.05) is 12.3 Å². The topological polar surface area (TPSA) is 71.1 Å². The minimum absolute atomic E-state index is 0.190. The van der Waals surface area contributed by atoms with Crippen LogP contribution in [-0.2, 0) is 16.6 Å². The largest absolute Gasteiger partial charge is 0.314 e. The Hall–Kier alpha value is -0.500. The van der Waals surface area contributed by atoms with Crippen molar-refractivity contribution in [3.63, 3.8) is 0 Å². The van der Waals surface area contributed by atoms with Crippen molar-refractivity contribution in [2.24, 2.45) is 0 Å². The smallest absolute Gasteiger partial charge is 0.212 e. The molecule has 0 bridgehead atoms. The van der Waals surface area contributed by atoms with E-state index >= 15 is 0 Å². The maximum absolute atomic E-state index is 11.9. The van der Waals surface area contributed by atoms with Gasteiger partial charge < -0.3 is 5.32 Å². The lowest BCUT2D eigenvalue weighted by Gasteiger charge is -2.23. The van der Waals surface area contributed by atoms with E-state index in [1.165, 1.54) is 24.2 Å².